The van der Waals surface area contributed by atoms with Crippen molar-refractivity contribution >= 4 is 34.2 Å². The smallest absolute Gasteiger partial charge is 0.227 e. The molecule has 0 aliphatic carbocycles. The number of hydrogen-bond donors (Lipinski definition) is 0. The highest BCUT2D eigenvalue weighted by molar-refractivity contribution is 6.30. The zero-order chi connectivity index (χ0) is 20.7. The summed E-state index contributed by atoms with van der Waals surface area (Å²) in [4.78, 5) is 19.6. The first-order valence-corrected chi connectivity index (χ1v) is 10.5. The molecular weight excluding hydrogens is 394 g/mol. The molecule has 3 aromatic carbocycles. The van der Waals surface area contributed by atoms with E-state index in [0.29, 0.717) is 18.0 Å². The number of nitrogens with zero attached hydrogens (tertiary/aromatic N) is 3. The van der Waals surface area contributed by atoms with Crippen LogP contribution in [0.15, 0.2) is 72.8 Å². The second kappa shape index (κ2) is 7.62. The van der Waals surface area contributed by atoms with Gasteiger partial charge in [0, 0.05) is 36.1 Å². The summed E-state index contributed by atoms with van der Waals surface area (Å²) in [5.74, 6) is 1.14. The van der Waals surface area contributed by atoms with Gasteiger partial charge in [0.1, 0.15) is 5.82 Å². The van der Waals surface area contributed by atoms with Crippen LogP contribution in [0.4, 0.5) is 5.69 Å². The molecule has 4 aromatic rings. The number of amides is 1. The molecule has 0 spiro atoms. The Kier molecular flexibility index (Phi) is 4.80. The van der Waals surface area contributed by atoms with E-state index < -0.39 is 0 Å². The first-order valence-electron chi connectivity index (χ1n) is 10.2. The summed E-state index contributed by atoms with van der Waals surface area (Å²) < 4.78 is 2.28. The first kappa shape index (κ1) is 18.9. The fourth-order valence-electron chi connectivity index (χ4n) is 4.28. The number of aryl methyl sites for hydroxylation is 1. The van der Waals surface area contributed by atoms with Gasteiger partial charge in [-0.05, 0) is 54.4 Å². The van der Waals surface area contributed by atoms with Gasteiger partial charge in [-0.25, -0.2) is 4.98 Å². The van der Waals surface area contributed by atoms with Gasteiger partial charge in [-0.15, -0.1) is 0 Å². The molecule has 1 saturated heterocycles. The van der Waals surface area contributed by atoms with Crippen LogP contribution in [0.2, 0.25) is 5.02 Å². The Morgan fingerprint density at radius 1 is 1.00 bits per heavy atom. The van der Waals surface area contributed by atoms with Crippen LogP contribution in [0.3, 0.4) is 0 Å². The molecule has 1 atom stereocenters. The highest BCUT2D eigenvalue weighted by atomic mass is 35.5. The van der Waals surface area contributed by atoms with E-state index in [1.54, 1.807) is 0 Å². The maximum Gasteiger partial charge on any atom is 0.227 e. The van der Waals surface area contributed by atoms with Crippen molar-refractivity contribution in [3.8, 4) is 0 Å². The van der Waals surface area contributed by atoms with E-state index in [9.17, 15) is 4.79 Å². The second-order valence-corrected chi connectivity index (χ2v) is 8.29. The van der Waals surface area contributed by atoms with Crippen LogP contribution in [-0.4, -0.2) is 22.0 Å². The minimum atomic E-state index is 0.0459. The Bertz CT molecular complexity index is 1230. The van der Waals surface area contributed by atoms with Gasteiger partial charge in [0.2, 0.25) is 5.91 Å². The lowest BCUT2D eigenvalue weighted by molar-refractivity contribution is -0.117. The molecule has 1 aromatic heterocycles. The maximum absolute atomic E-state index is 12.8. The Morgan fingerprint density at radius 3 is 2.53 bits per heavy atom. The van der Waals surface area contributed by atoms with Crippen molar-refractivity contribution in [2.75, 3.05) is 11.4 Å². The van der Waals surface area contributed by atoms with Crippen molar-refractivity contribution in [2.24, 2.45) is 0 Å². The highest BCUT2D eigenvalue weighted by Gasteiger charge is 2.34. The topological polar surface area (TPSA) is 38.1 Å². The molecule has 5 rings (SSSR count). The molecule has 4 nitrogen and oxygen atoms in total. The van der Waals surface area contributed by atoms with Crippen LogP contribution < -0.4 is 4.90 Å². The standard InChI is InChI=1S/C25H22ClN3O/c1-17-6-2-3-7-18(17)15-29-23-9-5-4-8-22(23)27-25(29)19-14-24(30)28(16-19)21-12-10-20(26)11-13-21/h2-13,19H,14-16H2,1H3. The zero-order valence-electron chi connectivity index (χ0n) is 16.8. The highest BCUT2D eigenvalue weighted by Crippen LogP contribution is 2.34. The number of halogens is 1. The predicted octanol–water partition coefficient (Wildman–Crippen LogP) is 5.57. The Labute approximate surface area is 180 Å². The first-order chi connectivity index (χ1) is 14.6. The molecule has 150 valence electrons. The van der Waals surface area contributed by atoms with Crippen LogP contribution in [0.1, 0.15) is 29.3 Å². The molecule has 1 aliphatic rings. The van der Waals surface area contributed by atoms with Gasteiger partial charge >= 0.3 is 0 Å². The SMILES string of the molecule is Cc1ccccc1Cn1c(C2CC(=O)N(c3ccc(Cl)cc3)C2)nc2ccccc21. The molecule has 1 fully saturated rings. The van der Waals surface area contributed by atoms with Gasteiger partial charge in [-0.1, -0.05) is 48.0 Å². The number of rotatable bonds is 4. The van der Waals surface area contributed by atoms with E-state index >= 15 is 0 Å². The fraction of sp³-hybridized carbons (Fsp3) is 0.200. The lowest BCUT2D eigenvalue weighted by Gasteiger charge is -2.18. The van der Waals surface area contributed by atoms with E-state index in [1.807, 2.05) is 47.4 Å². The van der Waals surface area contributed by atoms with Crippen LogP contribution in [0, 0.1) is 6.92 Å². The molecule has 30 heavy (non-hydrogen) atoms. The van der Waals surface area contributed by atoms with E-state index in [4.69, 9.17) is 16.6 Å². The van der Waals surface area contributed by atoms with Crippen LogP contribution in [0.25, 0.3) is 11.0 Å². The fourth-order valence-corrected chi connectivity index (χ4v) is 4.41. The maximum atomic E-state index is 12.8. The van der Waals surface area contributed by atoms with Crippen LogP contribution >= 0.6 is 11.6 Å². The number of benzene rings is 3. The summed E-state index contributed by atoms with van der Waals surface area (Å²) in [5, 5.41) is 0.668. The van der Waals surface area contributed by atoms with Crippen molar-refractivity contribution in [2.45, 2.75) is 25.8 Å². The van der Waals surface area contributed by atoms with E-state index in [2.05, 4.69) is 41.8 Å². The normalized spacial score (nSPS) is 16.5. The number of imidazole rings is 1. The Morgan fingerprint density at radius 2 is 1.73 bits per heavy atom. The van der Waals surface area contributed by atoms with E-state index in [-0.39, 0.29) is 11.8 Å². The molecule has 0 bridgehead atoms. The van der Waals surface area contributed by atoms with E-state index in [0.717, 1.165) is 29.1 Å². The minimum absolute atomic E-state index is 0.0459. The Hall–Kier alpha value is -3.11. The number of anilines is 1. The number of carbonyl (C=O) groups is 1. The zero-order valence-corrected chi connectivity index (χ0v) is 17.5. The lowest BCUT2D eigenvalue weighted by atomic mass is 10.1. The molecule has 2 heterocycles. The molecule has 1 unspecified atom stereocenters. The number of hydrogen-bond acceptors (Lipinski definition) is 2. The van der Waals surface area contributed by atoms with Gasteiger partial charge in [-0.3, -0.25) is 4.79 Å². The van der Waals surface area contributed by atoms with Crippen LogP contribution in [-0.2, 0) is 11.3 Å². The van der Waals surface area contributed by atoms with Gasteiger partial charge in [0.25, 0.3) is 0 Å². The largest absolute Gasteiger partial charge is 0.323 e. The third kappa shape index (κ3) is 3.37. The van der Waals surface area contributed by atoms with Gasteiger partial charge in [-0.2, -0.15) is 0 Å². The summed E-state index contributed by atoms with van der Waals surface area (Å²) in [5.41, 5.74) is 5.48. The molecule has 1 amide bonds. The number of aromatic nitrogens is 2. The molecule has 0 N–H and O–H groups in total. The summed E-state index contributed by atoms with van der Waals surface area (Å²) in [6.07, 6.45) is 0.458. The van der Waals surface area contributed by atoms with Crippen molar-refractivity contribution in [3.63, 3.8) is 0 Å². The van der Waals surface area contributed by atoms with Gasteiger partial charge in [0.05, 0.1) is 11.0 Å². The molecule has 0 saturated carbocycles. The summed E-state index contributed by atoms with van der Waals surface area (Å²) >= 11 is 6.02. The van der Waals surface area contributed by atoms with Crippen molar-refractivity contribution in [1.29, 1.82) is 0 Å². The van der Waals surface area contributed by atoms with Crippen molar-refractivity contribution in [1.82, 2.24) is 9.55 Å². The third-order valence-corrected chi connectivity index (χ3v) is 6.15. The molecule has 0 radical (unpaired) electrons. The lowest BCUT2D eigenvalue weighted by Crippen LogP contribution is -2.24. The summed E-state index contributed by atoms with van der Waals surface area (Å²) in [7, 11) is 0. The average Bonchev–Trinajstić information content (AvgIpc) is 3.31. The molecular formula is C25H22ClN3O. The monoisotopic (exact) mass is 415 g/mol. The van der Waals surface area contributed by atoms with E-state index in [1.165, 1.54) is 11.1 Å². The molecule has 1 aliphatic heterocycles. The third-order valence-electron chi connectivity index (χ3n) is 5.90. The predicted molar refractivity (Wildman–Crippen MR) is 121 cm³/mol. The van der Waals surface area contributed by atoms with Crippen molar-refractivity contribution in [3.05, 3.63) is 94.8 Å². The summed E-state index contributed by atoms with van der Waals surface area (Å²) in [6.45, 7) is 3.50. The second-order valence-electron chi connectivity index (χ2n) is 7.85. The van der Waals surface area contributed by atoms with Crippen LogP contribution in [0.5, 0.6) is 0 Å². The number of para-hydroxylation sites is 2. The van der Waals surface area contributed by atoms with Crippen molar-refractivity contribution < 1.29 is 4.79 Å². The quantitative estimate of drug-likeness (QED) is 0.437. The minimum Gasteiger partial charge on any atom is -0.323 e. The van der Waals surface area contributed by atoms with Gasteiger partial charge in [0.15, 0.2) is 0 Å². The summed E-state index contributed by atoms with van der Waals surface area (Å²) in [6, 6.07) is 24.1. The number of fused-ring (bicyclic) bond motifs is 1. The number of carbonyl (C=O) groups excluding carboxylic acids is 1. The molecule has 5 heteroatoms. The average molecular weight is 416 g/mol. The Balaban J connectivity index is 1.53. The van der Waals surface area contributed by atoms with Gasteiger partial charge < -0.3 is 9.47 Å².